The molecule has 2 fully saturated rings. The Kier molecular flexibility index (Phi) is 4.81. The molecule has 4 heteroatoms. The van der Waals surface area contributed by atoms with Crippen molar-refractivity contribution in [2.75, 3.05) is 13.1 Å². The first-order chi connectivity index (χ1) is 11.0. The molecule has 0 radical (unpaired) electrons. The average Bonchev–Trinajstić information content (AvgIpc) is 3.05. The summed E-state index contributed by atoms with van der Waals surface area (Å²) in [5.74, 6) is 0.962. The number of amides is 1. The maximum absolute atomic E-state index is 13.1. The van der Waals surface area contributed by atoms with E-state index in [1.54, 1.807) is 0 Å². The van der Waals surface area contributed by atoms with Gasteiger partial charge in [0, 0.05) is 31.4 Å². The van der Waals surface area contributed by atoms with E-state index < -0.39 is 5.60 Å². The van der Waals surface area contributed by atoms with E-state index in [4.69, 9.17) is 0 Å². The number of rotatable bonds is 4. The Labute approximate surface area is 139 Å². The van der Waals surface area contributed by atoms with Gasteiger partial charge in [0.1, 0.15) is 6.04 Å². The van der Waals surface area contributed by atoms with Gasteiger partial charge in [-0.1, -0.05) is 26.7 Å². The first-order valence-corrected chi connectivity index (χ1v) is 9.13. The second-order valence-corrected chi connectivity index (χ2v) is 7.86. The first-order valence-electron chi connectivity index (χ1n) is 9.13. The van der Waals surface area contributed by atoms with Crippen LogP contribution in [0.25, 0.3) is 0 Å². The smallest absolute Gasteiger partial charge is 0.245 e. The Balaban J connectivity index is 1.73. The van der Waals surface area contributed by atoms with Crippen molar-refractivity contribution in [2.24, 2.45) is 11.8 Å². The SMILES string of the molecule is CC(C)C[C@H](C(=O)N1CC[C@]2(O)CCCC[C@@H]2C1)n1cccc1. The first kappa shape index (κ1) is 16.6. The minimum Gasteiger partial charge on any atom is -0.389 e. The number of likely N-dealkylation sites (tertiary alicyclic amines) is 1. The van der Waals surface area contributed by atoms with Crippen LogP contribution in [-0.4, -0.2) is 39.2 Å². The Hall–Kier alpha value is -1.29. The number of carbonyl (C=O) groups is 1. The number of fused-ring (bicyclic) bond motifs is 1. The monoisotopic (exact) mass is 318 g/mol. The van der Waals surface area contributed by atoms with Crippen LogP contribution in [0.1, 0.15) is 58.4 Å². The molecule has 1 aliphatic heterocycles. The Morgan fingerprint density at radius 3 is 2.70 bits per heavy atom. The molecule has 3 atom stereocenters. The van der Waals surface area contributed by atoms with Crippen molar-refractivity contribution in [3.8, 4) is 0 Å². The van der Waals surface area contributed by atoms with Gasteiger partial charge in [-0.2, -0.15) is 0 Å². The maximum Gasteiger partial charge on any atom is 0.245 e. The third-order valence-electron chi connectivity index (χ3n) is 5.71. The standard InChI is InChI=1S/C19H30N2O2/c1-15(2)13-17(20-10-5-6-11-20)18(22)21-12-9-19(23)8-4-3-7-16(19)14-21/h5-6,10-11,15-17,23H,3-4,7-9,12-14H2,1-2H3/t16-,17-,19-/m1/s1. The molecule has 4 nitrogen and oxygen atoms in total. The zero-order chi connectivity index (χ0) is 16.4. The van der Waals surface area contributed by atoms with Crippen molar-refractivity contribution in [1.82, 2.24) is 9.47 Å². The van der Waals surface area contributed by atoms with Gasteiger partial charge in [0.15, 0.2) is 0 Å². The number of carbonyl (C=O) groups excluding carboxylic acids is 1. The van der Waals surface area contributed by atoms with Gasteiger partial charge in [0.05, 0.1) is 5.60 Å². The highest BCUT2D eigenvalue weighted by Crippen LogP contribution is 2.40. The van der Waals surface area contributed by atoms with Crippen LogP contribution < -0.4 is 0 Å². The van der Waals surface area contributed by atoms with E-state index >= 15 is 0 Å². The van der Waals surface area contributed by atoms with Crippen LogP contribution in [0.4, 0.5) is 0 Å². The van der Waals surface area contributed by atoms with E-state index in [1.807, 2.05) is 34.0 Å². The second-order valence-electron chi connectivity index (χ2n) is 7.86. The van der Waals surface area contributed by atoms with Crippen molar-refractivity contribution < 1.29 is 9.90 Å². The lowest BCUT2D eigenvalue weighted by molar-refractivity contribution is -0.147. The number of piperidine rings is 1. The Morgan fingerprint density at radius 1 is 1.26 bits per heavy atom. The Bertz CT molecular complexity index is 525. The van der Waals surface area contributed by atoms with Crippen molar-refractivity contribution in [1.29, 1.82) is 0 Å². The zero-order valence-corrected chi connectivity index (χ0v) is 14.4. The van der Waals surface area contributed by atoms with Gasteiger partial charge in [-0.3, -0.25) is 4.79 Å². The molecule has 1 aliphatic carbocycles. The summed E-state index contributed by atoms with van der Waals surface area (Å²) < 4.78 is 2.05. The molecule has 128 valence electrons. The third-order valence-corrected chi connectivity index (χ3v) is 5.71. The number of hydrogen-bond acceptors (Lipinski definition) is 2. The lowest BCUT2D eigenvalue weighted by Crippen LogP contribution is -2.55. The van der Waals surface area contributed by atoms with Crippen LogP contribution in [-0.2, 0) is 4.79 Å². The minimum atomic E-state index is -0.518. The molecule has 1 aromatic rings. The van der Waals surface area contributed by atoms with Crippen LogP contribution in [0.5, 0.6) is 0 Å². The minimum absolute atomic E-state index is 0.111. The van der Waals surface area contributed by atoms with Gasteiger partial charge in [-0.05, 0) is 43.7 Å². The normalized spacial score (nSPS) is 29.4. The molecule has 0 unspecified atom stereocenters. The highest BCUT2D eigenvalue weighted by atomic mass is 16.3. The number of nitrogens with zero attached hydrogens (tertiary/aromatic N) is 2. The summed E-state index contributed by atoms with van der Waals surface area (Å²) in [6, 6.07) is 3.85. The molecule has 0 bridgehead atoms. The molecule has 1 amide bonds. The molecule has 1 N–H and O–H groups in total. The molecule has 1 saturated carbocycles. The summed E-state index contributed by atoms with van der Waals surface area (Å²) in [5, 5.41) is 10.8. The fourth-order valence-corrected chi connectivity index (χ4v) is 4.33. The summed E-state index contributed by atoms with van der Waals surface area (Å²) in [4.78, 5) is 15.1. The topological polar surface area (TPSA) is 45.5 Å². The molecule has 1 saturated heterocycles. The number of aliphatic hydroxyl groups is 1. The maximum atomic E-state index is 13.1. The molecule has 23 heavy (non-hydrogen) atoms. The van der Waals surface area contributed by atoms with E-state index in [9.17, 15) is 9.90 Å². The zero-order valence-electron chi connectivity index (χ0n) is 14.4. The van der Waals surface area contributed by atoms with Crippen molar-refractivity contribution in [3.05, 3.63) is 24.5 Å². The highest BCUT2D eigenvalue weighted by molar-refractivity contribution is 5.80. The van der Waals surface area contributed by atoms with Gasteiger partial charge in [0.25, 0.3) is 0 Å². The van der Waals surface area contributed by atoms with E-state index in [0.717, 1.165) is 38.6 Å². The van der Waals surface area contributed by atoms with Crippen LogP contribution in [0.3, 0.4) is 0 Å². The predicted molar refractivity (Wildman–Crippen MR) is 91.0 cm³/mol. The molecule has 2 heterocycles. The molecular weight excluding hydrogens is 288 g/mol. The summed E-state index contributed by atoms with van der Waals surface area (Å²) in [7, 11) is 0. The summed E-state index contributed by atoms with van der Waals surface area (Å²) in [5.41, 5.74) is -0.518. The summed E-state index contributed by atoms with van der Waals surface area (Å²) >= 11 is 0. The van der Waals surface area contributed by atoms with Gasteiger partial charge in [0.2, 0.25) is 5.91 Å². The second kappa shape index (κ2) is 6.68. The van der Waals surface area contributed by atoms with E-state index in [1.165, 1.54) is 6.42 Å². The van der Waals surface area contributed by atoms with E-state index in [-0.39, 0.29) is 17.9 Å². The fourth-order valence-electron chi connectivity index (χ4n) is 4.33. The molecule has 3 rings (SSSR count). The number of aromatic nitrogens is 1. The van der Waals surface area contributed by atoms with Crippen LogP contribution >= 0.6 is 0 Å². The Morgan fingerprint density at radius 2 is 2.00 bits per heavy atom. The molecule has 1 aromatic heterocycles. The fraction of sp³-hybridized carbons (Fsp3) is 0.737. The van der Waals surface area contributed by atoms with Gasteiger partial charge < -0.3 is 14.6 Å². The molecule has 2 aliphatic rings. The molecule has 0 aromatic carbocycles. The third kappa shape index (κ3) is 3.47. The average molecular weight is 318 g/mol. The van der Waals surface area contributed by atoms with Crippen molar-refractivity contribution in [2.45, 2.75) is 64.0 Å². The van der Waals surface area contributed by atoms with Crippen molar-refractivity contribution in [3.63, 3.8) is 0 Å². The highest BCUT2D eigenvalue weighted by Gasteiger charge is 2.44. The largest absolute Gasteiger partial charge is 0.389 e. The van der Waals surface area contributed by atoms with Gasteiger partial charge in [-0.15, -0.1) is 0 Å². The quantitative estimate of drug-likeness (QED) is 0.926. The lowest BCUT2D eigenvalue weighted by atomic mass is 9.71. The van der Waals surface area contributed by atoms with Crippen LogP contribution in [0.15, 0.2) is 24.5 Å². The van der Waals surface area contributed by atoms with E-state index in [0.29, 0.717) is 12.5 Å². The van der Waals surface area contributed by atoms with E-state index in [2.05, 4.69) is 13.8 Å². The van der Waals surface area contributed by atoms with Gasteiger partial charge >= 0.3 is 0 Å². The van der Waals surface area contributed by atoms with Crippen molar-refractivity contribution >= 4 is 5.91 Å². The lowest BCUT2D eigenvalue weighted by Gasteiger charge is -2.48. The summed E-state index contributed by atoms with van der Waals surface area (Å²) in [6.07, 6.45) is 9.85. The van der Waals surface area contributed by atoms with Gasteiger partial charge in [-0.25, -0.2) is 0 Å². The summed E-state index contributed by atoms with van der Waals surface area (Å²) in [6.45, 7) is 5.76. The molecular formula is C19H30N2O2. The molecule has 0 spiro atoms. The van der Waals surface area contributed by atoms with Crippen LogP contribution in [0, 0.1) is 11.8 Å². The number of hydrogen-bond donors (Lipinski definition) is 1. The predicted octanol–water partition coefficient (Wildman–Crippen LogP) is 3.23. The van der Waals surface area contributed by atoms with Crippen LogP contribution in [0.2, 0.25) is 0 Å².